The summed E-state index contributed by atoms with van der Waals surface area (Å²) in [6.45, 7) is 34.1. The summed E-state index contributed by atoms with van der Waals surface area (Å²) in [6.07, 6.45) is 5.42. The van der Waals surface area contributed by atoms with Crippen molar-refractivity contribution in [3.63, 3.8) is 0 Å². The number of rotatable bonds is 18. The van der Waals surface area contributed by atoms with Crippen molar-refractivity contribution >= 4 is 5.78 Å². The Hall–Kier alpha value is -1.23. The Morgan fingerprint density at radius 2 is 1.47 bits per heavy atom. The lowest BCUT2D eigenvalue weighted by atomic mass is 10.0. The number of nitrogens with one attached hydrogen (secondary N) is 1. The van der Waals surface area contributed by atoms with Crippen LogP contribution < -0.4 is 5.32 Å². The maximum atomic E-state index is 11.1. The Bertz CT molecular complexity index is 818. The van der Waals surface area contributed by atoms with Gasteiger partial charge in [0.25, 0.3) is 0 Å². The molecule has 0 spiro atoms. The third kappa shape index (κ3) is 19.7. The van der Waals surface area contributed by atoms with Gasteiger partial charge in [0, 0.05) is 45.8 Å². The summed E-state index contributed by atoms with van der Waals surface area (Å²) in [6, 6.07) is 0.200. The molecule has 2 rings (SSSR count). The number of carbonyl (C=O) groups excluding carboxylic acids is 1. The fraction of sp³-hybridized carbons (Fsp3) is 0.912. The number of nitrogens with zero attached hydrogens (tertiary/aromatic N) is 3. The number of hydrogen-bond acceptors (Lipinski definition) is 9. The molecule has 9 heteroatoms. The average molecular weight is 613 g/mol. The van der Waals surface area contributed by atoms with Gasteiger partial charge in [0.1, 0.15) is 11.4 Å². The fourth-order valence-corrected chi connectivity index (χ4v) is 4.44. The molecule has 2 heterocycles. The molecule has 0 aromatic heterocycles. The fourth-order valence-electron chi connectivity index (χ4n) is 4.44. The van der Waals surface area contributed by atoms with Gasteiger partial charge in [-0.2, -0.15) is 10.2 Å². The molecule has 0 amide bonds. The van der Waals surface area contributed by atoms with E-state index in [1.165, 1.54) is 0 Å². The Labute approximate surface area is 264 Å². The van der Waals surface area contributed by atoms with Crippen molar-refractivity contribution in [2.24, 2.45) is 10.2 Å². The van der Waals surface area contributed by atoms with Crippen LogP contribution in [-0.4, -0.2) is 98.3 Å². The molecular formula is C34H68N4O5. The smallest absolute Gasteiger partial charge is 0.132 e. The molecule has 1 atom stereocenters. The highest BCUT2D eigenvalue weighted by Gasteiger charge is 2.31. The van der Waals surface area contributed by atoms with Crippen LogP contribution in [0.2, 0.25) is 0 Å². The standard InChI is InChI=1S/C18H34N4O2.C14H28O3.C2H6/c1-6-15-13-16(21-20-15)18(4,5)24-14-17(2,3)23-12-11-22-9-7-19-8-10-22;1-7-9-16-13(3,4)8-10-17-14(5,6)11-12(2)15;1-2/h13,15,19H,6-12,14H2,1-5H3;7-11H2,1-6H3;1-2H3. The van der Waals surface area contributed by atoms with Crippen molar-refractivity contribution in [1.29, 1.82) is 0 Å². The van der Waals surface area contributed by atoms with Crippen molar-refractivity contribution in [2.75, 3.05) is 59.2 Å². The van der Waals surface area contributed by atoms with E-state index in [-0.39, 0.29) is 28.6 Å². The maximum absolute atomic E-state index is 11.1. The molecule has 1 fully saturated rings. The van der Waals surface area contributed by atoms with E-state index in [2.05, 4.69) is 68.1 Å². The summed E-state index contributed by atoms with van der Waals surface area (Å²) in [5.74, 6) is 0.163. The normalized spacial score (nSPS) is 18.0. The van der Waals surface area contributed by atoms with Gasteiger partial charge in [-0.05, 0) is 87.7 Å². The van der Waals surface area contributed by atoms with Gasteiger partial charge in [0.05, 0.1) is 48.4 Å². The van der Waals surface area contributed by atoms with Crippen LogP contribution in [0.5, 0.6) is 0 Å². The molecule has 0 bridgehead atoms. The van der Waals surface area contributed by atoms with E-state index in [1.807, 2.05) is 41.5 Å². The Morgan fingerprint density at radius 3 is 2.00 bits per heavy atom. The Morgan fingerprint density at radius 1 is 0.884 bits per heavy atom. The number of piperazine rings is 1. The lowest BCUT2D eigenvalue weighted by Crippen LogP contribution is -2.45. The monoisotopic (exact) mass is 613 g/mol. The van der Waals surface area contributed by atoms with Crippen LogP contribution in [0.25, 0.3) is 0 Å². The first kappa shape index (κ1) is 41.8. The zero-order valence-corrected chi connectivity index (χ0v) is 30.2. The number of carbonyl (C=O) groups is 1. The van der Waals surface area contributed by atoms with Gasteiger partial charge in [0.2, 0.25) is 0 Å². The molecule has 0 aromatic carbocycles. The van der Waals surface area contributed by atoms with Gasteiger partial charge in [-0.15, -0.1) is 0 Å². The number of ketones is 1. The predicted octanol–water partition coefficient (Wildman–Crippen LogP) is 6.99. The topological polar surface area (TPSA) is 94.0 Å². The molecule has 2 aliphatic rings. The van der Waals surface area contributed by atoms with Crippen molar-refractivity contribution in [3.8, 4) is 0 Å². The molecule has 1 N–H and O–H groups in total. The number of Topliss-reactive ketones (excluding diaryl/α,β-unsaturated/α-hetero) is 1. The average Bonchev–Trinajstić information content (AvgIpc) is 3.43. The van der Waals surface area contributed by atoms with E-state index in [1.54, 1.807) is 6.92 Å². The first-order valence-corrected chi connectivity index (χ1v) is 16.6. The maximum Gasteiger partial charge on any atom is 0.132 e. The van der Waals surface area contributed by atoms with E-state index < -0.39 is 5.60 Å². The number of azo groups is 1. The lowest BCUT2D eigenvalue weighted by molar-refractivity contribution is -0.124. The highest BCUT2D eigenvalue weighted by atomic mass is 16.6. The Balaban J connectivity index is 0.000000821. The molecule has 0 aromatic rings. The molecule has 9 nitrogen and oxygen atoms in total. The van der Waals surface area contributed by atoms with E-state index >= 15 is 0 Å². The minimum Gasteiger partial charge on any atom is -0.375 e. The first-order valence-electron chi connectivity index (χ1n) is 16.6. The van der Waals surface area contributed by atoms with E-state index in [0.717, 1.165) is 70.9 Å². The second-order valence-corrected chi connectivity index (χ2v) is 13.6. The van der Waals surface area contributed by atoms with Gasteiger partial charge in [-0.25, -0.2) is 0 Å². The number of ether oxygens (including phenoxy) is 4. The molecule has 0 radical (unpaired) electrons. The van der Waals surface area contributed by atoms with E-state index in [9.17, 15) is 4.79 Å². The minimum atomic E-state index is -0.438. The predicted molar refractivity (Wildman–Crippen MR) is 178 cm³/mol. The quantitative estimate of drug-likeness (QED) is 0.178. The largest absolute Gasteiger partial charge is 0.375 e. The molecular weight excluding hydrogens is 544 g/mol. The second-order valence-electron chi connectivity index (χ2n) is 13.6. The molecule has 254 valence electrons. The molecule has 43 heavy (non-hydrogen) atoms. The lowest BCUT2D eigenvalue weighted by Gasteiger charge is -2.33. The van der Waals surface area contributed by atoms with E-state index in [4.69, 9.17) is 18.9 Å². The van der Waals surface area contributed by atoms with Gasteiger partial charge < -0.3 is 24.3 Å². The highest BCUT2D eigenvalue weighted by Crippen LogP contribution is 2.29. The van der Waals surface area contributed by atoms with Gasteiger partial charge >= 0.3 is 0 Å². The summed E-state index contributed by atoms with van der Waals surface area (Å²) in [7, 11) is 0. The van der Waals surface area contributed by atoms with Gasteiger partial charge in [0.15, 0.2) is 0 Å². The second kappa shape index (κ2) is 20.7. The van der Waals surface area contributed by atoms with Crippen LogP contribution >= 0.6 is 0 Å². The zero-order chi connectivity index (χ0) is 33.2. The van der Waals surface area contributed by atoms with Crippen molar-refractivity contribution in [2.45, 2.75) is 144 Å². The van der Waals surface area contributed by atoms with Crippen LogP contribution in [0.1, 0.15) is 116 Å². The molecule has 1 unspecified atom stereocenters. The van der Waals surface area contributed by atoms with Gasteiger partial charge in [-0.3, -0.25) is 9.69 Å². The molecule has 0 saturated carbocycles. The molecule has 1 saturated heterocycles. The van der Waals surface area contributed by atoms with Crippen LogP contribution in [0.3, 0.4) is 0 Å². The van der Waals surface area contributed by atoms with Gasteiger partial charge in [-0.1, -0.05) is 27.7 Å². The summed E-state index contributed by atoms with van der Waals surface area (Å²) in [5.41, 5.74) is -0.348. The molecule has 0 aliphatic carbocycles. The third-order valence-corrected chi connectivity index (χ3v) is 7.16. The zero-order valence-electron chi connectivity index (χ0n) is 30.2. The summed E-state index contributed by atoms with van der Waals surface area (Å²) in [5, 5.41) is 11.9. The van der Waals surface area contributed by atoms with E-state index in [0.29, 0.717) is 19.6 Å². The van der Waals surface area contributed by atoms with Crippen LogP contribution in [0, 0.1) is 0 Å². The summed E-state index contributed by atoms with van der Waals surface area (Å²) in [4.78, 5) is 13.5. The summed E-state index contributed by atoms with van der Waals surface area (Å²) < 4.78 is 23.7. The van der Waals surface area contributed by atoms with Crippen molar-refractivity contribution in [3.05, 3.63) is 11.8 Å². The highest BCUT2D eigenvalue weighted by molar-refractivity contribution is 5.76. The minimum absolute atomic E-state index is 0.150. The van der Waals surface area contributed by atoms with Crippen LogP contribution in [0.4, 0.5) is 0 Å². The first-order chi connectivity index (χ1) is 20.0. The van der Waals surface area contributed by atoms with Crippen LogP contribution in [0.15, 0.2) is 22.0 Å². The third-order valence-electron chi connectivity index (χ3n) is 7.16. The summed E-state index contributed by atoms with van der Waals surface area (Å²) >= 11 is 0. The van der Waals surface area contributed by atoms with Crippen LogP contribution in [-0.2, 0) is 23.7 Å². The SMILES string of the molecule is CC.CCC1C=C(C(C)(C)OCC(C)(C)OCCN2CCNCC2)N=N1.CCCOC(C)(C)CCOC(C)(C)CC(C)=O. The van der Waals surface area contributed by atoms with Crippen molar-refractivity contribution < 1.29 is 23.7 Å². The number of hydrogen-bond donors (Lipinski definition) is 1. The molecule has 2 aliphatic heterocycles. The Kier molecular flexibility index (Phi) is 20.1. The van der Waals surface area contributed by atoms with Crippen molar-refractivity contribution in [1.82, 2.24) is 10.2 Å².